The van der Waals surface area contributed by atoms with E-state index in [2.05, 4.69) is 21.0 Å². The van der Waals surface area contributed by atoms with Gasteiger partial charge in [-0.3, -0.25) is 4.79 Å². The zero-order chi connectivity index (χ0) is 15.4. The van der Waals surface area contributed by atoms with Crippen molar-refractivity contribution in [2.75, 3.05) is 7.11 Å². The van der Waals surface area contributed by atoms with Gasteiger partial charge in [-0.05, 0) is 47.5 Å². The van der Waals surface area contributed by atoms with Crippen molar-refractivity contribution in [1.29, 1.82) is 0 Å². The molecule has 2 aromatic rings. The van der Waals surface area contributed by atoms with E-state index in [1.54, 1.807) is 7.11 Å². The monoisotopic (exact) mass is 352 g/mol. The molecule has 0 amide bonds. The van der Waals surface area contributed by atoms with Gasteiger partial charge in [0.15, 0.2) is 0 Å². The molecule has 112 valence electrons. The summed E-state index contributed by atoms with van der Waals surface area (Å²) in [5.41, 5.74) is 0.775. The average Bonchev–Trinajstić information content (AvgIpc) is 2.44. The van der Waals surface area contributed by atoms with Gasteiger partial charge in [-0.25, -0.2) is 4.68 Å². The first-order valence-electron chi connectivity index (χ1n) is 6.57. The van der Waals surface area contributed by atoms with Crippen LogP contribution in [-0.4, -0.2) is 23.0 Å². The number of halogens is 1. The van der Waals surface area contributed by atoms with E-state index in [4.69, 9.17) is 9.47 Å². The van der Waals surface area contributed by atoms with Gasteiger partial charge in [-0.1, -0.05) is 12.1 Å². The number of hydrogen-bond donors (Lipinski definition) is 0. The molecule has 1 aromatic carbocycles. The summed E-state index contributed by atoms with van der Waals surface area (Å²) in [5, 5.41) is 4.25. The van der Waals surface area contributed by atoms with Crippen LogP contribution in [0.5, 0.6) is 11.6 Å². The minimum atomic E-state index is -0.186. The lowest BCUT2D eigenvalue weighted by atomic mass is 10.2. The Kier molecular flexibility index (Phi) is 5.01. The lowest BCUT2D eigenvalue weighted by Gasteiger charge is -2.12. The Morgan fingerprint density at radius 3 is 2.52 bits per heavy atom. The van der Waals surface area contributed by atoms with Crippen molar-refractivity contribution in [3.8, 4) is 11.6 Å². The molecule has 0 aliphatic carbocycles. The predicted molar refractivity (Wildman–Crippen MR) is 84.1 cm³/mol. The number of hydrogen-bond acceptors (Lipinski definition) is 4. The van der Waals surface area contributed by atoms with E-state index in [1.165, 1.54) is 10.7 Å². The van der Waals surface area contributed by atoms with Gasteiger partial charge in [-0.15, -0.1) is 5.10 Å². The molecule has 0 aliphatic rings. The molecule has 1 heterocycles. The minimum absolute atomic E-state index is 0.0132. The highest BCUT2D eigenvalue weighted by molar-refractivity contribution is 9.10. The summed E-state index contributed by atoms with van der Waals surface area (Å²) in [5.74, 6) is 1.19. The van der Waals surface area contributed by atoms with Crippen LogP contribution in [0.2, 0.25) is 0 Å². The smallest absolute Gasteiger partial charge is 0.268 e. The van der Waals surface area contributed by atoms with Crippen molar-refractivity contribution in [2.24, 2.45) is 0 Å². The van der Waals surface area contributed by atoms with E-state index in [9.17, 15) is 4.79 Å². The molecule has 0 atom stereocenters. The van der Waals surface area contributed by atoms with Gasteiger partial charge in [0, 0.05) is 6.07 Å². The van der Waals surface area contributed by atoms with E-state index in [-0.39, 0.29) is 11.7 Å². The maximum Gasteiger partial charge on any atom is 0.268 e. The van der Waals surface area contributed by atoms with Crippen molar-refractivity contribution in [3.05, 3.63) is 50.7 Å². The molecule has 0 N–H and O–H groups in total. The number of benzene rings is 1. The molecule has 0 unspecified atom stereocenters. The molecular weight excluding hydrogens is 336 g/mol. The largest absolute Gasteiger partial charge is 0.497 e. The van der Waals surface area contributed by atoms with Crippen molar-refractivity contribution in [2.45, 2.75) is 26.5 Å². The number of rotatable bonds is 5. The Balaban J connectivity index is 2.27. The molecule has 0 fully saturated rings. The van der Waals surface area contributed by atoms with Crippen molar-refractivity contribution >= 4 is 15.9 Å². The highest BCUT2D eigenvalue weighted by Gasteiger charge is 2.10. The van der Waals surface area contributed by atoms with Gasteiger partial charge < -0.3 is 9.47 Å². The molecule has 5 nitrogen and oxygen atoms in total. The third kappa shape index (κ3) is 4.07. The Hall–Kier alpha value is -1.82. The lowest BCUT2D eigenvalue weighted by molar-refractivity contribution is 0.224. The molecule has 0 radical (unpaired) electrons. The van der Waals surface area contributed by atoms with Gasteiger partial charge >= 0.3 is 0 Å². The second-order valence-corrected chi connectivity index (χ2v) is 5.66. The molecule has 0 saturated carbocycles. The maximum absolute atomic E-state index is 12.0. The topological polar surface area (TPSA) is 53.4 Å². The summed E-state index contributed by atoms with van der Waals surface area (Å²) in [6.07, 6.45) is -0.0132. The normalized spacial score (nSPS) is 10.7. The van der Waals surface area contributed by atoms with Crippen LogP contribution >= 0.6 is 15.9 Å². The second-order valence-electron chi connectivity index (χ2n) is 4.81. The summed E-state index contributed by atoms with van der Waals surface area (Å²) in [4.78, 5) is 12.0. The first-order valence-corrected chi connectivity index (χ1v) is 7.36. The molecule has 0 aliphatic heterocycles. The number of methoxy groups -OCH3 is 1. The Morgan fingerprint density at radius 1 is 1.29 bits per heavy atom. The number of nitrogens with zero attached hydrogens (tertiary/aromatic N) is 2. The standard InChI is InChI=1S/C15H17BrN2O3/c1-10(2)21-15-13(16)8-14(19)18(17-15)9-11-4-6-12(20-3)7-5-11/h4-8,10H,9H2,1-3H3. The van der Waals surface area contributed by atoms with Crippen LogP contribution in [0.15, 0.2) is 39.6 Å². The first kappa shape index (κ1) is 15.6. The summed E-state index contributed by atoms with van der Waals surface area (Å²) in [6, 6.07) is 8.97. The fourth-order valence-electron chi connectivity index (χ4n) is 1.77. The van der Waals surface area contributed by atoms with Gasteiger partial charge in [0.25, 0.3) is 5.56 Å². The average molecular weight is 353 g/mol. The van der Waals surface area contributed by atoms with Gasteiger partial charge in [0.05, 0.1) is 24.2 Å². The summed E-state index contributed by atoms with van der Waals surface area (Å²) in [6.45, 7) is 4.20. The predicted octanol–water partition coefficient (Wildman–Crippen LogP) is 2.85. The van der Waals surface area contributed by atoms with Gasteiger partial charge in [-0.2, -0.15) is 0 Å². The highest BCUT2D eigenvalue weighted by Crippen LogP contribution is 2.21. The van der Waals surface area contributed by atoms with E-state index in [1.807, 2.05) is 38.1 Å². The minimum Gasteiger partial charge on any atom is -0.497 e. The zero-order valence-corrected chi connectivity index (χ0v) is 13.8. The number of aromatic nitrogens is 2. The summed E-state index contributed by atoms with van der Waals surface area (Å²) >= 11 is 3.30. The lowest BCUT2D eigenvalue weighted by Crippen LogP contribution is -2.24. The molecular formula is C15H17BrN2O3. The summed E-state index contributed by atoms with van der Waals surface area (Å²) < 4.78 is 12.6. The van der Waals surface area contributed by atoms with Crippen LogP contribution in [0.4, 0.5) is 0 Å². The molecule has 21 heavy (non-hydrogen) atoms. The van der Waals surface area contributed by atoms with Crippen molar-refractivity contribution < 1.29 is 9.47 Å². The number of ether oxygens (including phenoxy) is 2. The van der Waals surface area contributed by atoms with Crippen LogP contribution in [0.3, 0.4) is 0 Å². The highest BCUT2D eigenvalue weighted by atomic mass is 79.9. The maximum atomic E-state index is 12.0. The molecule has 0 spiro atoms. The van der Waals surface area contributed by atoms with E-state index < -0.39 is 0 Å². The fraction of sp³-hybridized carbons (Fsp3) is 0.333. The Labute approximate surface area is 131 Å². The Morgan fingerprint density at radius 2 is 1.95 bits per heavy atom. The first-order chi connectivity index (χ1) is 9.99. The van der Waals surface area contributed by atoms with Crippen LogP contribution in [0, 0.1) is 0 Å². The van der Waals surface area contributed by atoms with Crippen LogP contribution in [0.1, 0.15) is 19.4 Å². The molecule has 2 rings (SSSR count). The van der Waals surface area contributed by atoms with E-state index in [0.717, 1.165) is 11.3 Å². The zero-order valence-electron chi connectivity index (χ0n) is 12.2. The fourth-order valence-corrected chi connectivity index (χ4v) is 2.14. The second kappa shape index (κ2) is 6.76. The molecule has 6 heteroatoms. The third-order valence-electron chi connectivity index (χ3n) is 2.76. The summed E-state index contributed by atoms with van der Waals surface area (Å²) in [7, 11) is 1.62. The van der Waals surface area contributed by atoms with Crippen LogP contribution in [-0.2, 0) is 6.54 Å². The molecule has 0 saturated heterocycles. The SMILES string of the molecule is COc1ccc(Cn2nc(OC(C)C)c(Br)cc2=O)cc1. The van der Waals surface area contributed by atoms with Crippen LogP contribution in [0.25, 0.3) is 0 Å². The van der Waals surface area contributed by atoms with Gasteiger partial charge in [0.2, 0.25) is 5.88 Å². The van der Waals surface area contributed by atoms with E-state index >= 15 is 0 Å². The van der Waals surface area contributed by atoms with E-state index in [0.29, 0.717) is 16.9 Å². The molecule has 1 aromatic heterocycles. The molecule has 0 bridgehead atoms. The van der Waals surface area contributed by atoms with Crippen molar-refractivity contribution in [3.63, 3.8) is 0 Å². The van der Waals surface area contributed by atoms with Crippen LogP contribution < -0.4 is 15.0 Å². The van der Waals surface area contributed by atoms with Gasteiger partial charge in [0.1, 0.15) is 5.75 Å². The quantitative estimate of drug-likeness (QED) is 0.830. The van der Waals surface area contributed by atoms with Crippen molar-refractivity contribution in [1.82, 2.24) is 9.78 Å². The Bertz CT molecular complexity index is 666. The third-order valence-corrected chi connectivity index (χ3v) is 3.33.